The summed E-state index contributed by atoms with van der Waals surface area (Å²) in [5.41, 5.74) is 1.58. The lowest BCUT2D eigenvalue weighted by Crippen LogP contribution is -2.08. The summed E-state index contributed by atoms with van der Waals surface area (Å²) in [7, 11) is 0. The van der Waals surface area contributed by atoms with Crippen molar-refractivity contribution in [1.82, 2.24) is 20.2 Å². The Morgan fingerprint density at radius 1 is 1.03 bits per heavy atom. The molecular weight excluding hydrogens is 437 g/mol. The predicted molar refractivity (Wildman–Crippen MR) is 114 cm³/mol. The van der Waals surface area contributed by atoms with Crippen molar-refractivity contribution in [3.05, 3.63) is 56.5 Å². The minimum absolute atomic E-state index is 0.168. The first-order valence-electron chi connectivity index (χ1n) is 9.04. The number of hydrogen-bond acceptors (Lipinski definition) is 6. The van der Waals surface area contributed by atoms with Crippen molar-refractivity contribution in [1.29, 1.82) is 0 Å². The lowest BCUT2D eigenvalue weighted by molar-refractivity contribution is 0.269. The molecule has 0 fully saturated rings. The quantitative estimate of drug-likeness (QED) is 0.474. The number of benzene rings is 2. The molecule has 0 aliphatic rings. The second-order valence-corrected chi connectivity index (χ2v) is 7.22. The molecule has 1 N–H and O–H groups in total. The van der Waals surface area contributed by atoms with E-state index in [9.17, 15) is 0 Å². The third kappa shape index (κ3) is 5.23. The Morgan fingerprint density at radius 3 is 2.48 bits per heavy atom. The molecule has 0 radical (unpaired) electrons. The molecule has 1 heterocycles. The van der Waals surface area contributed by atoms with E-state index in [0.29, 0.717) is 57.8 Å². The number of ether oxygens (including phenoxy) is 2. The number of aromatic nitrogens is 4. The maximum Gasteiger partial charge on any atom is 0.243 e. The van der Waals surface area contributed by atoms with Gasteiger partial charge in [-0.2, -0.15) is 0 Å². The molecule has 0 unspecified atom stereocenters. The third-order valence-electron chi connectivity index (χ3n) is 4.07. The molecule has 10 heteroatoms. The van der Waals surface area contributed by atoms with Crippen LogP contribution in [0.1, 0.15) is 25.0 Å². The van der Waals surface area contributed by atoms with E-state index in [4.69, 9.17) is 44.3 Å². The number of anilines is 1. The number of nitrogens with zero attached hydrogens (tertiary/aromatic N) is 4. The van der Waals surface area contributed by atoms with Gasteiger partial charge in [0.05, 0.1) is 11.6 Å². The number of aryl methyl sites for hydroxylation is 1. The van der Waals surface area contributed by atoms with Gasteiger partial charge >= 0.3 is 0 Å². The number of hydrogen-bond donors (Lipinski definition) is 1. The van der Waals surface area contributed by atoms with Gasteiger partial charge in [0, 0.05) is 28.7 Å². The van der Waals surface area contributed by atoms with E-state index >= 15 is 0 Å². The molecule has 1 aromatic heterocycles. The van der Waals surface area contributed by atoms with Gasteiger partial charge in [0.1, 0.15) is 6.61 Å². The molecule has 0 aliphatic heterocycles. The van der Waals surface area contributed by atoms with Crippen LogP contribution in [-0.4, -0.2) is 26.8 Å². The fourth-order valence-electron chi connectivity index (χ4n) is 2.67. The molecular formula is C19H20Cl3N5O2. The number of tetrazole rings is 1. The van der Waals surface area contributed by atoms with Crippen molar-refractivity contribution < 1.29 is 9.47 Å². The first-order chi connectivity index (χ1) is 14.0. The van der Waals surface area contributed by atoms with Crippen molar-refractivity contribution >= 4 is 40.8 Å². The van der Waals surface area contributed by atoms with Crippen molar-refractivity contribution in [2.24, 2.45) is 0 Å². The zero-order valence-corrected chi connectivity index (χ0v) is 18.2. The average Bonchev–Trinajstić information content (AvgIpc) is 3.15. The van der Waals surface area contributed by atoms with Gasteiger partial charge in [0.15, 0.2) is 11.5 Å². The summed E-state index contributed by atoms with van der Waals surface area (Å²) >= 11 is 18.9. The fraction of sp³-hybridized carbons (Fsp3) is 0.316. The first-order valence-corrected chi connectivity index (χ1v) is 10.2. The minimum atomic E-state index is 0.168. The highest BCUT2D eigenvalue weighted by atomic mass is 35.5. The highest BCUT2D eigenvalue weighted by Gasteiger charge is 2.15. The van der Waals surface area contributed by atoms with Crippen molar-refractivity contribution in [2.75, 3.05) is 11.9 Å². The van der Waals surface area contributed by atoms with Crippen LogP contribution in [0, 0.1) is 0 Å². The smallest absolute Gasteiger partial charge is 0.243 e. The Morgan fingerprint density at radius 2 is 1.79 bits per heavy atom. The van der Waals surface area contributed by atoms with Crippen molar-refractivity contribution in [3.8, 4) is 11.5 Å². The molecule has 154 valence electrons. The lowest BCUT2D eigenvalue weighted by Gasteiger charge is -2.16. The lowest BCUT2D eigenvalue weighted by atomic mass is 10.2. The highest BCUT2D eigenvalue weighted by Crippen LogP contribution is 2.38. The van der Waals surface area contributed by atoms with Crippen LogP contribution in [0.2, 0.25) is 15.1 Å². The Bertz CT molecular complexity index is 960. The largest absolute Gasteiger partial charge is 0.490 e. The fourth-order valence-corrected chi connectivity index (χ4v) is 3.46. The summed E-state index contributed by atoms with van der Waals surface area (Å²) in [5.74, 6) is 1.55. The standard InChI is InChI=1S/C19H20Cl3N5O2/c1-3-27-19(24-25-26-27)23-10-12-8-16(22)18(17(9-12)28-4-2)29-11-13-14(20)6-5-7-15(13)21/h5-9H,3-4,10-11H2,1-2H3,(H,23,24,26). The molecule has 3 aromatic rings. The minimum Gasteiger partial charge on any atom is -0.490 e. The molecule has 0 amide bonds. The van der Waals surface area contributed by atoms with Crippen LogP contribution in [0.25, 0.3) is 0 Å². The van der Waals surface area contributed by atoms with Gasteiger partial charge in [0.2, 0.25) is 5.95 Å². The van der Waals surface area contributed by atoms with E-state index in [1.54, 1.807) is 28.9 Å². The van der Waals surface area contributed by atoms with Gasteiger partial charge in [0.25, 0.3) is 0 Å². The van der Waals surface area contributed by atoms with Crippen LogP contribution in [0.3, 0.4) is 0 Å². The van der Waals surface area contributed by atoms with Crippen LogP contribution < -0.4 is 14.8 Å². The SMILES string of the molecule is CCOc1cc(CNc2nnnn2CC)cc(Cl)c1OCc1c(Cl)cccc1Cl. The van der Waals surface area contributed by atoms with Crippen molar-refractivity contribution in [2.45, 2.75) is 33.5 Å². The van der Waals surface area contributed by atoms with Crippen LogP contribution in [0.15, 0.2) is 30.3 Å². The molecule has 7 nitrogen and oxygen atoms in total. The second-order valence-electron chi connectivity index (χ2n) is 6.00. The Kier molecular flexibility index (Phi) is 7.41. The van der Waals surface area contributed by atoms with Gasteiger partial charge in [-0.15, -0.1) is 0 Å². The van der Waals surface area contributed by atoms with Gasteiger partial charge in [-0.25, -0.2) is 4.68 Å². The molecule has 3 rings (SSSR count). The summed E-state index contributed by atoms with van der Waals surface area (Å²) in [6.07, 6.45) is 0. The zero-order valence-electron chi connectivity index (χ0n) is 16.0. The topological polar surface area (TPSA) is 74.1 Å². The Hall–Kier alpha value is -2.22. The molecule has 29 heavy (non-hydrogen) atoms. The van der Waals surface area contributed by atoms with Crippen LogP contribution in [-0.2, 0) is 19.7 Å². The van der Waals surface area contributed by atoms with E-state index in [2.05, 4.69) is 20.8 Å². The van der Waals surface area contributed by atoms with Gasteiger partial charge in [-0.3, -0.25) is 0 Å². The monoisotopic (exact) mass is 455 g/mol. The van der Waals surface area contributed by atoms with Crippen molar-refractivity contribution in [3.63, 3.8) is 0 Å². The van der Waals surface area contributed by atoms with E-state index in [-0.39, 0.29) is 6.61 Å². The summed E-state index contributed by atoms with van der Waals surface area (Å²) in [6, 6.07) is 8.97. The summed E-state index contributed by atoms with van der Waals surface area (Å²) in [6.45, 7) is 5.62. The molecule has 0 spiro atoms. The summed E-state index contributed by atoms with van der Waals surface area (Å²) < 4.78 is 13.3. The van der Waals surface area contributed by atoms with E-state index in [0.717, 1.165) is 5.56 Å². The molecule has 0 atom stereocenters. The van der Waals surface area contributed by atoms with E-state index in [1.165, 1.54) is 0 Å². The number of nitrogens with one attached hydrogen (secondary N) is 1. The summed E-state index contributed by atoms with van der Waals surface area (Å²) in [4.78, 5) is 0. The maximum atomic E-state index is 6.49. The number of rotatable bonds is 9. The van der Waals surface area contributed by atoms with Crippen LogP contribution >= 0.6 is 34.8 Å². The van der Waals surface area contributed by atoms with Crippen LogP contribution in [0.5, 0.6) is 11.5 Å². The summed E-state index contributed by atoms with van der Waals surface area (Å²) in [5, 5.41) is 16.2. The van der Waals surface area contributed by atoms with Gasteiger partial charge in [-0.1, -0.05) is 46.0 Å². The van der Waals surface area contributed by atoms with E-state index in [1.807, 2.05) is 19.9 Å². The number of halogens is 3. The Labute approximate surface area is 183 Å². The Balaban J connectivity index is 1.79. The van der Waals surface area contributed by atoms with Gasteiger partial charge in [-0.05, 0) is 54.1 Å². The van der Waals surface area contributed by atoms with Crippen LogP contribution in [0.4, 0.5) is 5.95 Å². The zero-order chi connectivity index (χ0) is 20.8. The van der Waals surface area contributed by atoms with Gasteiger partial charge < -0.3 is 14.8 Å². The van der Waals surface area contributed by atoms with E-state index < -0.39 is 0 Å². The maximum absolute atomic E-state index is 6.49. The third-order valence-corrected chi connectivity index (χ3v) is 5.06. The normalized spacial score (nSPS) is 10.8. The average molecular weight is 457 g/mol. The second kappa shape index (κ2) is 10.0. The highest BCUT2D eigenvalue weighted by molar-refractivity contribution is 6.36. The molecule has 0 aliphatic carbocycles. The first kappa shape index (κ1) is 21.5. The molecule has 2 aromatic carbocycles. The molecule has 0 saturated carbocycles. The predicted octanol–water partition coefficient (Wildman–Crippen LogP) is 5.24. The molecule has 0 saturated heterocycles. The molecule has 0 bridgehead atoms.